The highest BCUT2D eigenvalue weighted by atomic mass is 16.5. The molecule has 2 rings (SSSR count). The largest absolute Gasteiger partial charge is 0.497 e. The Labute approximate surface area is 127 Å². The highest BCUT2D eigenvalue weighted by molar-refractivity contribution is 5.76. The number of nitrogens with two attached hydrogens (primary N) is 1. The van der Waals surface area contributed by atoms with Crippen molar-refractivity contribution in [2.24, 2.45) is 5.73 Å². The van der Waals surface area contributed by atoms with Crippen LogP contribution in [0.4, 0.5) is 0 Å². The van der Waals surface area contributed by atoms with Crippen LogP contribution in [0.3, 0.4) is 0 Å². The summed E-state index contributed by atoms with van der Waals surface area (Å²) in [6, 6.07) is 8.39. The highest BCUT2D eigenvalue weighted by Gasteiger charge is 2.22. The van der Waals surface area contributed by atoms with Crippen LogP contribution in [0.5, 0.6) is 5.75 Å². The molecule has 21 heavy (non-hydrogen) atoms. The molecule has 0 aliphatic carbocycles. The molecular weight excluding hydrogens is 264 g/mol. The van der Waals surface area contributed by atoms with Crippen LogP contribution >= 0.6 is 0 Å². The van der Waals surface area contributed by atoms with E-state index >= 15 is 0 Å². The lowest BCUT2D eigenvalue weighted by Crippen LogP contribution is -2.31. The van der Waals surface area contributed by atoms with E-state index in [1.165, 1.54) is 5.56 Å². The summed E-state index contributed by atoms with van der Waals surface area (Å²) in [5.41, 5.74) is 7.15. The molecule has 4 heteroatoms. The highest BCUT2D eigenvalue weighted by Crippen LogP contribution is 2.15. The minimum atomic E-state index is 0.184. The predicted molar refractivity (Wildman–Crippen MR) is 84.3 cm³/mol. The van der Waals surface area contributed by atoms with Gasteiger partial charge in [0.1, 0.15) is 5.75 Å². The molecule has 2 N–H and O–H groups in total. The molecule has 1 aromatic carbocycles. The van der Waals surface area contributed by atoms with Crippen LogP contribution in [0.2, 0.25) is 0 Å². The van der Waals surface area contributed by atoms with Gasteiger partial charge in [0, 0.05) is 25.6 Å². The maximum absolute atomic E-state index is 12.0. The van der Waals surface area contributed by atoms with E-state index in [1.54, 1.807) is 7.11 Å². The fraction of sp³-hybridized carbons (Fsp3) is 0.588. The molecule has 0 radical (unpaired) electrons. The van der Waals surface area contributed by atoms with Gasteiger partial charge in [0.2, 0.25) is 5.91 Å². The molecular formula is C17H26N2O2. The lowest BCUT2D eigenvalue weighted by molar-refractivity contribution is -0.130. The van der Waals surface area contributed by atoms with E-state index in [4.69, 9.17) is 10.5 Å². The van der Waals surface area contributed by atoms with Crippen molar-refractivity contribution in [1.29, 1.82) is 0 Å². The summed E-state index contributed by atoms with van der Waals surface area (Å²) in [5, 5.41) is 0. The lowest BCUT2D eigenvalue weighted by atomic mass is 10.1. The van der Waals surface area contributed by atoms with Crippen LogP contribution in [0.25, 0.3) is 0 Å². The van der Waals surface area contributed by atoms with E-state index in [0.717, 1.165) is 50.9 Å². The van der Waals surface area contributed by atoms with Crippen LogP contribution in [-0.4, -0.2) is 37.0 Å². The fourth-order valence-corrected chi connectivity index (χ4v) is 2.75. The molecule has 0 bridgehead atoms. The number of ether oxygens (including phenoxy) is 1. The molecule has 1 atom stereocenters. The molecule has 0 aromatic heterocycles. The van der Waals surface area contributed by atoms with Gasteiger partial charge in [0.15, 0.2) is 0 Å². The summed E-state index contributed by atoms with van der Waals surface area (Å²) >= 11 is 0. The topological polar surface area (TPSA) is 55.6 Å². The van der Waals surface area contributed by atoms with E-state index in [0.29, 0.717) is 6.42 Å². The number of amides is 1. The van der Waals surface area contributed by atoms with E-state index in [-0.39, 0.29) is 11.9 Å². The van der Waals surface area contributed by atoms with Crippen molar-refractivity contribution in [3.8, 4) is 5.75 Å². The zero-order valence-electron chi connectivity index (χ0n) is 12.9. The third kappa shape index (κ3) is 5.05. The normalized spacial score (nSPS) is 18.0. The molecule has 0 spiro atoms. The second kappa shape index (κ2) is 8.03. The Hall–Kier alpha value is -1.55. The van der Waals surface area contributed by atoms with Gasteiger partial charge in [0.05, 0.1) is 7.11 Å². The number of rotatable bonds is 7. The number of methoxy groups -OCH3 is 1. The predicted octanol–water partition coefficient (Wildman–Crippen LogP) is 2.36. The second-order valence-electron chi connectivity index (χ2n) is 5.80. The maximum Gasteiger partial charge on any atom is 0.222 e. The van der Waals surface area contributed by atoms with Crippen LogP contribution in [0.1, 0.15) is 37.7 Å². The number of hydrogen-bond acceptors (Lipinski definition) is 3. The first kappa shape index (κ1) is 15.8. The smallest absolute Gasteiger partial charge is 0.222 e. The standard InChI is InChI=1S/C17H26N2O2/c1-21-16-9-7-14(8-10-16)5-3-2-4-6-17(20)19-12-11-15(18)13-19/h7-10,15H,2-6,11-13,18H2,1H3/t15-/m1/s1. The average Bonchev–Trinajstić information content (AvgIpc) is 2.94. The molecule has 1 aliphatic rings. The summed E-state index contributed by atoms with van der Waals surface area (Å²) < 4.78 is 5.14. The summed E-state index contributed by atoms with van der Waals surface area (Å²) in [7, 11) is 1.68. The summed E-state index contributed by atoms with van der Waals surface area (Å²) in [5.74, 6) is 1.17. The van der Waals surface area contributed by atoms with Crippen molar-refractivity contribution < 1.29 is 9.53 Å². The fourth-order valence-electron chi connectivity index (χ4n) is 2.75. The summed E-state index contributed by atoms with van der Waals surface area (Å²) in [4.78, 5) is 13.9. The number of aryl methyl sites for hydroxylation is 1. The molecule has 1 saturated heterocycles. The van der Waals surface area contributed by atoms with Gasteiger partial charge in [-0.05, 0) is 43.4 Å². The van der Waals surface area contributed by atoms with E-state index < -0.39 is 0 Å². The molecule has 1 aromatic rings. The zero-order chi connectivity index (χ0) is 15.1. The van der Waals surface area contributed by atoms with Gasteiger partial charge < -0.3 is 15.4 Å². The van der Waals surface area contributed by atoms with Gasteiger partial charge in [-0.3, -0.25) is 4.79 Å². The molecule has 0 saturated carbocycles. The van der Waals surface area contributed by atoms with Crippen LogP contribution < -0.4 is 10.5 Å². The Morgan fingerprint density at radius 1 is 1.29 bits per heavy atom. The third-order valence-corrected chi connectivity index (χ3v) is 4.09. The van der Waals surface area contributed by atoms with Gasteiger partial charge in [-0.25, -0.2) is 0 Å². The molecule has 1 aliphatic heterocycles. The SMILES string of the molecule is COc1ccc(CCCCCC(=O)N2CC[C@@H](N)C2)cc1. The van der Waals surface area contributed by atoms with Crippen molar-refractivity contribution in [3.63, 3.8) is 0 Å². The van der Waals surface area contributed by atoms with E-state index in [2.05, 4.69) is 12.1 Å². The Balaban J connectivity index is 1.58. The van der Waals surface area contributed by atoms with Crippen LogP contribution in [-0.2, 0) is 11.2 Å². The van der Waals surface area contributed by atoms with Gasteiger partial charge in [-0.15, -0.1) is 0 Å². The third-order valence-electron chi connectivity index (χ3n) is 4.09. The number of carbonyl (C=O) groups is 1. The Morgan fingerprint density at radius 2 is 2.05 bits per heavy atom. The minimum absolute atomic E-state index is 0.184. The van der Waals surface area contributed by atoms with Crippen molar-refractivity contribution in [2.45, 2.75) is 44.6 Å². The monoisotopic (exact) mass is 290 g/mol. The van der Waals surface area contributed by atoms with Crippen molar-refractivity contribution in [3.05, 3.63) is 29.8 Å². The Bertz CT molecular complexity index is 445. The lowest BCUT2D eigenvalue weighted by Gasteiger charge is -2.15. The van der Waals surface area contributed by atoms with Crippen molar-refractivity contribution in [1.82, 2.24) is 4.90 Å². The van der Waals surface area contributed by atoms with Crippen molar-refractivity contribution in [2.75, 3.05) is 20.2 Å². The van der Waals surface area contributed by atoms with Crippen molar-refractivity contribution >= 4 is 5.91 Å². The Morgan fingerprint density at radius 3 is 2.67 bits per heavy atom. The number of nitrogens with zero attached hydrogens (tertiary/aromatic N) is 1. The minimum Gasteiger partial charge on any atom is -0.497 e. The first-order valence-corrected chi connectivity index (χ1v) is 7.85. The number of hydrogen-bond donors (Lipinski definition) is 1. The molecule has 116 valence electrons. The number of carbonyl (C=O) groups excluding carboxylic acids is 1. The first-order valence-electron chi connectivity index (χ1n) is 7.85. The maximum atomic E-state index is 12.0. The molecule has 1 amide bonds. The zero-order valence-corrected chi connectivity index (χ0v) is 12.9. The quantitative estimate of drug-likeness (QED) is 0.784. The number of unbranched alkanes of at least 4 members (excludes halogenated alkanes) is 2. The summed E-state index contributed by atoms with van der Waals surface area (Å²) in [6.45, 7) is 1.58. The van der Waals surface area contributed by atoms with Gasteiger partial charge in [-0.1, -0.05) is 18.6 Å². The molecule has 4 nitrogen and oxygen atoms in total. The molecule has 1 fully saturated rings. The van der Waals surface area contributed by atoms with Gasteiger partial charge >= 0.3 is 0 Å². The summed E-state index contributed by atoms with van der Waals surface area (Å²) in [6.07, 6.45) is 5.86. The average molecular weight is 290 g/mol. The Kier molecular flexibility index (Phi) is 6.05. The van der Waals surface area contributed by atoms with E-state index in [9.17, 15) is 4.79 Å². The number of likely N-dealkylation sites (tertiary alicyclic amines) is 1. The molecule has 1 heterocycles. The molecule has 0 unspecified atom stereocenters. The number of benzene rings is 1. The van der Waals surface area contributed by atoms with Gasteiger partial charge in [-0.2, -0.15) is 0 Å². The first-order chi connectivity index (χ1) is 10.2. The van der Waals surface area contributed by atoms with Gasteiger partial charge in [0.25, 0.3) is 0 Å². The van der Waals surface area contributed by atoms with Crippen LogP contribution in [0, 0.1) is 0 Å². The second-order valence-corrected chi connectivity index (χ2v) is 5.80. The van der Waals surface area contributed by atoms with E-state index in [1.807, 2.05) is 17.0 Å². The van der Waals surface area contributed by atoms with Crippen LogP contribution in [0.15, 0.2) is 24.3 Å².